The Kier molecular flexibility index (Phi) is 5.77. The molecule has 0 spiro atoms. The van der Waals surface area contributed by atoms with Crippen molar-refractivity contribution in [3.8, 4) is 0 Å². The third-order valence-electron chi connectivity index (χ3n) is 2.72. The van der Waals surface area contributed by atoms with Crippen molar-refractivity contribution in [1.82, 2.24) is 10.6 Å². The average Bonchev–Trinajstić information content (AvgIpc) is 2.88. The maximum atomic E-state index is 11.9. The summed E-state index contributed by atoms with van der Waals surface area (Å²) in [5.41, 5.74) is -0.299. The van der Waals surface area contributed by atoms with Gasteiger partial charge in [-0.2, -0.15) is 13.2 Å². The van der Waals surface area contributed by atoms with Crippen LogP contribution in [-0.2, 0) is 15.0 Å². The van der Waals surface area contributed by atoms with Gasteiger partial charge in [0.05, 0.1) is 0 Å². The van der Waals surface area contributed by atoms with E-state index in [1.807, 2.05) is 31.4 Å². The number of carbonyl (C=O) groups is 2. The summed E-state index contributed by atoms with van der Waals surface area (Å²) in [5.74, 6) is -1.54. The molecule has 0 atom stereocenters. The molecule has 8 heteroatoms. The minimum absolute atomic E-state index is 0.299. The maximum absolute atomic E-state index is 11.9. The zero-order valence-corrected chi connectivity index (χ0v) is 12.5. The molecule has 2 N–H and O–H groups in total. The van der Waals surface area contributed by atoms with E-state index < -0.39 is 31.0 Å². The number of rotatable bonds is 6. The molecule has 0 aromatic carbocycles. The minimum Gasteiger partial charge on any atom is -0.355 e. The van der Waals surface area contributed by atoms with Gasteiger partial charge >= 0.3 is 6.18 Å². The molecule has 118 valence electrons. The fourth-order valence-electron chi connectivity index (χ4n) is 1.54. The van der Waals surface area contributed by atoms with E-state index in [-0.39, 0.29) is 5.41 Å². The fraction of sp³-hybridized carbons (Fsp3) is 0.538. The molecule has 1 aromatic rings. The Hall–Kier alpha value is -1.57. The largest absolute Gasteiger partial charge is 0.405 e. The second-order valence-electron chi connectivity index (χ2n) is 5.21. The van der Waals surface area contributed by atoms with Gasteiger partial charge in [0.25, 0.3) is 0 Å². The van der Waals surface area contributed by atoms with Gasteiger partial charge in [-0.15, -0.1) is 11.3 Å². The van der Waals surface area contributed by atoms with E-state index in [1.54, 1.807) is 16.7 Å². The predicted octanol–water partition coefficient (Wildman–Crippen LogP) is 2.21. The third kappa shape index (κ3) is 6.61. The number of nitrogens with one attached hydrogen (secondary N) is 2. The molecule has 4 nitrogen and oxygen atoms in total. The van der Waals surface area contributed by atoms with Gasteiger partial charge in [-0.1, -0.05) is 19.9 Å². The van der Waals surface area contributed by atoms with Crippen LogP contribution < -0.4 is 10.6 Å². The molecule has 0 aliphatic heterocycles. The Morgan fingerprint density at radius 1 is 1.14 bits per heavy atom. The number of hydrogen-bond donors (Lipinski definition) is 2. The van der Waals surface area contributed by atoms with Crippen molar-refractivity contribution >= 4 is 23.2 Å². The smallest absolute Gasteiger partial charge is 0.355 e. The van der Waals surface area contributed by atoms with Crippen molar-refractivity contribution in [1.29, 1.82) is 0 Å². The predicted molar refractivity (Wildman–Crippen MR) is 74.0 cm³/mol. The van der Waals surface area contributed by atoms with Crippen LogP contribution in [0.15, 0.2) is 17.5 Å². The molecule has 2 amide bonds. The highest BCUT2D eigenvalue weighted by atomic mass is 32.1. The SMILES string of the molecule is CC(C)(CNC(=O)CC(=O)NCC(F)(F)F)c1cccs1. The van der Waals surface area contributed by atoms with Crippen LogP contribution >= 0.6 is 11.3 Å². The monoisotopic (exact) mass is 322 g/mol. The van der Waals surface area contributed by atoms with Crippen LogP contribution in [0.4, 0.5) is 13.2 Å². The highest BCUT2D eigenvalue weighted by molar-refractivity contribution is 7.10. The van der Waals surface area contributed by atoms with Crippen LogP contribution in [0.3, 0.4) is 0 Å². The molecule has 0 saturated carbocycles. The Morgan fingerprint density at radius 3 is 2.19 bits per heavy atom. The van der Waals surface area contributed by atoms with Crippen LogP contribution in [0.2, 0.25) is 0 Å². The van der Waals surface area contributed by atoms with Gasteiger partial charge in [0.15, 0.2) is 0 Å². The fourth-order valence-corrected chi connectivity index (χ4v) is 2.39. The lowest BCUT2D eigenvalue weighted by atomic mass is 9.91. The quantitative estimate of drug-likeness (QED) is 0.789. The Bertz CT molecular complexity index is 484. The van der Waals surface area contributed by atoms with Gasteiger partial charge < -0.3 is 10.6 Å². The van der Waals surface area contributed by atoms with E-state index in [1.165, 1.54) is 0 Å². The standard InChI is InChI=1S/C13H17F3N2O2S/c1-12(2,9-4-3-5-21-9)7-17-10(19)6-11(20)18-8-13(14,15)16/h3-5H,6-8H2,1-2H3,(H,17,19)(H,18,20). The van der Waals surface area contributed by atoms with E-state index in [4.69, 9.17) is 0 Å². The van der Waals surface area contributed by atoms with E-state index in [0.29, 0.717) is 6.54 Å². The summed E-state index contributed by atoms with van der Waals surface area (Å²) in [6.45, 7) is 2.74. The van der Waals surface area contributed by atoms with Crippen LogP contribution in [0.25, 0.3) is 0 Å². The number of hydrogen-bond acceptors (Lipinski definition) is 3. The summed E-state index contributed by atoms with van der Waals surface area (Å²) >= 11 is 1.55. The van der Waals surface area contributed by atoms with Crippen molar-refractivity contribution < 1.29 is 22.8 Å². The summed E-state index contributed by atoms with van der Waals surface area (Å²) in [4.78, 5) is 23.8. The second kappa shape index (κ2) is 6.93. The number of halogens is 3. The summed E-state index contributed by atoms with van der Waals surface area (Å²) < 4.78 is 35.7. The van der Waals surface area contributed by atoms with Gasteiger partial charge in [-0.3, -0.25) is 9.59 Å². The number of carbonyl (C=O) groups excluding carboxylic acids is 2. The van der Waals surface area contributed by atoms with Gasteiger partial charge in [0.2, 0.25) is 11.8 Å². The van der Waals surface area contributed by atoms with Gasteiger partial charge in [0, 0.05) is 16.8 Å². The van der Waals surface area contributed by atoms with Crippen molar-refractivity contribution in [2.45, 2.75) is 31.9 Å². The lowest BCUT2D eigenvalue weighted by Gasteiger charge is -2.23. The first-order valence-corrected chi connectivity index (χ1v) is 7.12. The first-order valence-electron chi connectivity index (χ1n) is 6.24. The molecule has 1 rings (SSSR count). The molecular formula is C13H17F3N2O2S. The van der Waals surface area contributed by atoms with E-state index >= 15 is 0 Å². The molecule has 0 unspecified atom stereocenters. The van der Waals surface area contributed by atoms with Crippen LogP contribution in [0.1, 0.15) is 25.1 Å². The number of amides is 2. The number of thiophene rings is 1. The molecule has 0 aliphatic carbocycles. The second-order valence-corrected chi connectivity index (χ2v) is 6.15. The van der Waals surface area contributed by atoms with E-state index in [0.717, 1.165) is 4.88 Å². The van der Waals surface area contributed by atoms with Crippen LogP contribution in [-0.4, -0.2) is 31.1 Å². The summed E-state index contributed by atoms with van der Waals surface area (Å²) in [7, 11) is 0. The molecule has 1 heterocycles. The average molecular weight is 322 g/mol. The summed E-state index contributed by atoms with van der Waals surface area (Å²) in [5, 5.41) is 6.14. The van der Waals surface area contributed by atoms with Crippen LogP contribution in [0.5, 0.6) is 0 Å². The first kappa shape index (κ1) is 17.5. The zero-order valence-electron chi connectivity index (χ0n) is 11.7. The molecule has 1 aromatic heterocycles. The van der Waals surface area contributed by atoms with Crippen molar-refractivity contribution in [3.05, 3.63) is 22.4 Å². The van der Waals surface area contributed by atoms with Crippen molar-refractivity contribution in [2.24, 2.45) is 0 Å². The molecule has 0 aliphatic rings. The lowest BCUT2D eigenvalue weighted by molar-refractivity contribution is -0.140. The molecule has 0 radical (unpaired) electrons. The molecule has 0 fully saturated rings. The van der Waals surface area contributed by atoms with Gasteiger partial charge in [0.1, 0.15) is 13.0 Å². The zero-order chi connectivity index (χ0) is 16.1. The highest BCUT2D eigenvalue weighted by Gasteiger charge is 2.28. The molecule has 0 bridgehead atoms. The molecular weight excluding hydrogens is 305 g/mol. The molecule has 0 saturated heterocycles. The van der Waals surface area contributed by atoms with E-state index in [9.17, 15) is 22.8 Å². The normalized spacial score (nSPS) is 12.0. The Morgan fingerprint density at radius 2 is 1.71 bits per heavy atom. The van der Waals surface area contributed by atoms with Crippen molar-refractivity contribution in [2.75, 3.05) is 13.1 Å². The van der Waals surface area contributed by atoms with E-state index in [2.05, 4.69) is 5.32 Å². The Balaban J connectivity index is 2.36. The Labute approximate surface area is 124 Å². The molecule has 21 heavy (non-hydrogen) atoms. The highest BCUT2D eigenvalue weighted by Crippen LogP contribution is 2.26. The minimum atomic E-state index is -4.48. The van der Waals surface area contributed by atoms with Crippen molar-refractivity contribution in [3.63, 3.8) is 0 Å². The summed E-state index contributed by atoms with van der Waals surface area (Å²) in [6, 6.07) is 3.83. The first-order chi connectivity index (χ1) is 9.60. The number of alkyl halides is 3. The maximum Gasteiger partial charge on any atom is 0.405 e. The third-order valence-corrected chi connectivity index (χ3v) is 3.96. The summed E-state index contributed by atoms with van der Waals surface area (Å²) in [6.07, 6.45) is -5.09. The topological polar surface area (TPSA) is 58.2 Å². The van der Waals surface area contributed by atoms with Crippen LogP contribution in [0, 0.1) is 0 Å². The van der Waals surface area contributed by atoms with Gasteiger partial charge in [-0.25, -0.2) is 0 Å². The lowest BCUT2D eigenvalue weighted by Crippen LogP contribution is -2.40. The van der Waals surface area contributed by atoms with Gasteiger partial charge in [-0.05, 0) is 11.4 Å².